The van der Waals surface area contributed by atoms with Crippen LogP contribution in [0.2, 0.25) is 0 Å². The molecule has 0 fully saturated rings. The first-order chi connectivity index (χ1) is 9.99. The maximum Gasteiger partial charge on any atom is 0.163 e. The van der Waals surface area contributed by atoms with Gasteiger partial charge < -0.3 is 9.73 Å². The highest BCUT2D eigenvalue weighted by Gasteiger charge is 2.12. The van der Waals surface area contributed by atoms with E-state index < -0.39 is 0 Å². The quantitative estimate of drug-likeness (QED) is 0.825. The van der Waals surface area contributed by atoms with E-state index in [1.54, 1.807) is 6.26 Å². The van der Waals surface area contributed by atoms with Gasteiger partial charge in [-0.2, -0.15) is 0 Å². The van der Waals surface area contributed by atoms with Gasteiger partial charge in [-0.1, -0.05) is 13.8 Å². The summed E-state index contributed by atoms with van der Waals surface area (Å²) in [6.07, 6.45) is 3.81. The van der Waals surface area contributed by atoms with E-state index in [0.29, 0.717) is 6.04 Å². The maximum absolute atomic E-state index is 5.34. The van der Waals surface area contributed by atoms with E-state index >= 15 is 0 Å². The molecule has 4 heteroatoms. The van der Waals surface area contributed by atoms with E-state index in [1.165, 1.54) is 5.56 Å². The molecule has 0 aliphatic carbocycles. The van der Waals surface area contributed by atoms with Gasteiger partial charge in [-0.15, -0.1) is 0 Å². The van der Waals surface area contributed by atoms with Crippen molar-refractivity contribution in [3.8, 4) is 11.4 Å². The molecule has 0 amide bonds. The fraction of sp³-hybridized carbons (Fsp3) is 0.529. The van der Waals surface area contributed by atoms with Crippen molar-refractivity contribution in [3.63, 3.8) is 0 Å². The molecule has 2 aromatic rings. The Kier molecular flexibility index (Phi) is 5.12. The van der Waals surface area contributed by atoms with Gasteiger partial charge in [0.15, 0.2) is 5.82 Å². The molecule has 2 rings (SSSR count). The molecule has 21 heavy (non-hydrogen) atoms. The second-order valence-corrected chi connectivity index (χ2v) is 5.80. The number of aryl methyl sites for hydroxylation is 3. The normalized spacial score (nSPS) is 11.3. The van der Waals surface area contributed by atoms with Crippen molar-refractivity contribution in [1.29, 1.82) is 0 Å². The zero-order valence-corrected chi connectivity index (χ0v) is 13.7. The summed E-state index contributed by atoms with van der Waals surface area (Å²) in [5, 5.41) is 3.44. The van der Waals surface area contributed by atoms with E-state index in [9.17, 15) is 0 Å². The third-order valence-corrected chi connectivity index (χ3v) is 3.68. The van der Waals surface area contributed by atoms with E-state index in [-0.39, 0.29) is 0 Å². The van der Waals surface area contributed by atoms with Gasteiger partial charge in [0.25, 0.3) is 0 Å². The molecule has 1 N–H and O–H groups in total. The van der Waals surface area contributed by atoms with Gasteiger partial charge in [0.05, 0.1) is 11.8 Å². The lowest BCUT2D eigenvalue weighted by atomic mass is 10.1. The van der Waals surface area contributed by atoms with Crippen molar-refractivity contribution in [2.75, 3.05) is 6.54 Å². The van der Waals surface area contributed by atoms with Crippen molar-refractivity contribution in [2.24, 2.45) is 0 Å². The SMILES string of the molecule is Cc1nc(-c2ccoc2C)nc(C)c1CCCNC(C)C. The van der Waals surface area contributed by atoms with E-state index in [4.69, 9.17) is 4.42 Å². The van der Waals surface area contributed by atoms with E-state index in [0.717, 1.165) is 47.9 Å². The molecule has 0 atom stereocenters. The zero-order valence-electron chi connectivity index (χ0n) is 13.7. The topological polar surface area (TPSA) is 51.0 Å². The molecule has 0 bridgehead atoms. The van der Waals surface area contributed by atoms with Crippen LogP contribution >= 0.6 is 0 Å². The Bertz CT molecular complexity index is 579. The highest BCUT2D eigenvalue weighted by molar-refractivity contribution is 5.57. The van der Waals surface area contributed by atoms with Crippen molar-refractivity contribution in [2.45, 2.75) is 53.5 Å². The lowest BCUT2D eigenvalue weighted by Gasteiger charge is -2.12. The highest BCUT2D eigenvalue weighted by Crippen LogP contribution is 2.23. The standard InChI is InChI=1S/C17H25N3O/c1-11(2)18-9-6-7-15-12(3)19-17(20-13(15)4)16-8-10-21-14(16)5/h8,10-11,18H,6-7,9H2,1-5H3. The minimum Gasteiger partial charge on any atom is -0.469 e. The Balaban J connectivity index is 2.12. The number of hydrogen-bond donors (Lipinski definition) is 1. The molecule has 0 unspecified atom stereocenters. The molecule has 114 valence electrons. The number of furan rings is 1. The van der Waals surface area contributed by atoms with Gasteiger partial charge >= 0.3 is 0 Å². The van der Waals surface area contributed by atoms with Crippen LogP contribution in [0.3, 0.4) is 0 Å². The Morgan fingerprint density at radius 2 is 1.81 bits per heavy atom. The first-order valence-electron chi connectivity index (χ1n) is 7.61. The second kappa shape index (κ2) is 6.85. The average Bonchev–Trinajstić information content (AvgIpc) is 2.82. The molecule has 4 nitrogen and oxygen atoms in total. The summed E-state index contributed by atoms with van der Waals surface area (Å²) in [6, 6.07) is 2.46. The third-order valence-electron chi connectivity index (χ3n) is 3.68. The van der Waals surface area contributed by atoms with Crippen LogP contribution in [0.5, 0.6) is 0 Å². The maximum atomic E-state index is 5.34. The summed E-state index contributed by atoms with van der Waals surface area (Å²) >= 11 is 0. The Hall–Kier alpha value is -1.68. The Morgan fingerprint density at radius 3 is 2.33 bits per heavy atom. The van der Waals surface area contributed by atoms with Crippen LogP contribution in [-0.2, 0) is 6.42 Å². The van der Waals surface area contributed by atoms with Crippen LogP contribution in [0.1, 0.15) is 43.0 Å². The van der Waals surface area contributed by atoms with Crippen LogP contribution in [0.4, 0.5) is 0 Å². The molecule has 0 aliphatic heterocycles. The molecule has 0 spiro atoms. The largest absolute Gasteiger partial charge is 0.469 e. The van der Waals surface area contributed by atoms with Gasteiger partial charge in [0.2, 0.25) is 0 Å². The lowest BCUT2D eigenvalue weighted by Crippen LogP contribution is -2.24. The van der Waals surface area contributed by atoms with Crippen molar-refractivity contribution >= 4 is 0 Å². The number of rotatable bonds is 6. The predicted molar refractivity (Wildman–Crippen MR) is 85.4 cm³/mol. The van der Waals surface area contributed by atoms with Crippen LogP contribution in [0.15, 0.2) is 16.7 Å². The summed E-state index contributed by atoms with van der Waals surface area (Å²) in [7, 11) is 0. The number of hydrogen-bond acceptors (Lipinski definition) is 4. The van der Waals surface area contributed by atoms with Crippen LogP contribution < -0.4 is 5.32 Å². The van der Waals surface area contributed by atoms with Gasteiger partial charge in [-0.25, -0.2) is 9.97 Å². The first-order valence-corrected chi connectivity index (χ1v) is 7.61. The second-order valence-electron chi connectivity index (χ2n) is 5.80. The number of nitrogens with one attached hydrogen (secondary N) is 1. The first kappa shape index (κ1) is 15.7. The van der Waals surface area contributed by atoms with Gasteiger partial charge in [0, 0.05) is 17.4 Å². The summed E-state index contributed by atoms with van der Waals surface area (Å²) in [4.78, 5) is 9.32. The van der Waals surface area contributed by atoms with Crippen molar-refractivity contribution in [3.05, 3.63) is 35.0 Å². The van der Waals surface area contributed by atoms with E-state index in [2.05, 4.69) is 43.0 Å². The Morgan fingerprint density at radius 1 is 1.14 bits per heavy atom. The molecule has 2 aromatic heterocycles. The minimum atomic E-state index is 0.537. The Labute approximate surface area is 127 Å². The van der Waals surface area contributed by atoms with Gasteiger partial charge in [0.1, 0.15) is 5.76 Å². The van der Waals surface area contributed by atoms with Crippen molar-refractivity contribution in [1.82, 2.24) is 15.3 Å². The lowest BCUT2D eigenvalue weighted by molar-refractivity contribution is 0.535. The number of aromatic nitrogens is 2. The predicted octanol–water partition coefficient (Wildman–Crippen LogP) is 3.59. The fourth-order valence-corrected chi connectivity index (χ4v) is 2.49. The minimum absolute atomic E-state index is 0.537. The van der Waals surface area contributed by atoms with Crippen LogP contribution in [0.25, 0.3) is 11.4 Å². The highest BCUT2D eigenvalue weighted by atomic mass is 16.3. The third kappa shape index (κ3) is 3.91. The zero-order chi connectivity index (χ0) is 15.4. The monoisotopic (exact) mass is 287 g/mol. The molecular weight excluding hydrogens is 262 g/mol. The average molecular weight is 287 g/mol. The molecule has 0 aromatic carbocycles. The molecular formula is C17H25N3O. The molecule has 2 heterocycles. The fourth-order valence-electron chi connectivity index (χ4n) is 2.49. The molecule has 0 aliphatic rings. The smallest absolute Gasteiger partial charge is 0.163 e. The van der Waals surface area contributed by atoms with Crippen LogP contribution in [-0.4, -0.2) is 22.6 Å². The van der Waals surface area contributed by atoms with E-state index in [1.807, 2.05) is 13.0 Å². The summed E-state index contributed by atoms with van der Waals surface area (Å²) in [5.74, 6) is 1.63. The summed E-state index contributed by atoms with van der Waals surface area (Å²) in [5.41, 5.74) is 4.39. The summed E-state index contributed by atoms with van der Waals surface area (Å²) in [6.45, 7) is 11.4. The molecule has 0 saturated heterocycles. The molecule has 0 radical (unpaired) electrons. The van der Waals surface area contributed by atoms with Crippen LogP contribution in [0, 0.1) is 20.8 Å². The summed E-state index contributed by atoms with van der Waals surface area (Å²) < 4.78 is 5.34. The molecule has 0 saturated carbocycles. The van der Waals surface area contributed by atoms with Crippen molar-refractivity contribution < 1.29 is 4.42 Å². The van der Waals surface area contributed by atoms with Gasteiger partial charge in [-0.05, 0) is 51.8 Å². The van der Waals surface area contributed by atoms with Gasteiger partial charge in [-0.3, -0.25) is 0 Å². The number of nitrogens with zero attached hydrogens (tertiary/aromatic N) is 2.